The first-order valence-corrected chi connectivity index (χ1v) is 10.2. The van der Waals surface area contributed by atoms with Gasteiger partial charge in [0.2, 0.25) is 0 Å². The molecule has 0 fully saturated rings. The fraction of sp³-hybridized carbons (Fsp3) is 0.250. The highest BCUT2D eigenvalue weighted by atomic mass is 16.5. The Labute approximate surface area is 176 Å². The Morgan fingerprint density at radius 1 is 0.900 bits per heavy atom. The highest BCUT2D eigenvalue weighted by molar-refractivity contribution is 5.94. The predicted molar refractivity (Wildman–Crippen MR) is 117 cm³/mol. The molecular weight excluding hydrogens is 378 g/mol. The second-order valence-electron chi connectivity index (χ2n) is 6.93. The Balaban J connectivity index is 1.34. The van der Waals surface area contributed by atoms with Crippen LogP contribution < -0.4 is 15.4 Å². The molecule has 2 aromatic carbocycles. The molecule has 0 spiro atoms. The smallest absolute Gasteiger partial charge is 0.258 e. The standard InChI is InChI=1S/C24H27N3O3/c1-2-5-19-6-12-22(13-7-19)30-18-23(28)25-14-15-26-24(29)20-8-10-21(11-9-20)27-16-3-4-17-27/h3-4,6-13,16-17H,2,5,14-15,18H2,1H3,(H,25,28)(H,26,29). The van der Waals surface area contributed by atoms with Gasteiger partial charge in [-0.15, -0.1) is 0 Å². The van der Waals surface area contributed by atoms with E-state index in [-0.39, 0.29) is 18.4 Å². The van der Waals surface area contributed by atoms with E-state index in [1.54, 1.807) is 12.1 Å². The Bertz CT molecular complexity index is 933. The molecule has 2 amide bonds. The molecule has 0 saturated heterocycles. The van der Waals surface area contributed by atoms with E-state index in [9.17, 15) is 9.59 Å². The third kappa shape index (κ3) is 6.24. The molecule has 0 radical (unpaired) electrons. The van der Waals surface area contributed by atoms with E-state index in [2.05, 4.69) is 17.6 Å². The van der Waals surface area contributed by atoms with Crippen molar-refractivity contribution < 1.29 is 14.3 Å². The summed E-state index contributed by atoms with van der Waals surface area (Å²) in [4.78, 5) is 24.1. The fourth-order valence-electron chi connectivity index (χ4n) is 3.01. The molecule has 0 bridgehead atoms. The van der Waals surface area contributed by atoms with Gasteiger partial charge in [0, 0.05) is 36.7 Å². The molecule has 6 heteroatoms. The third-order valence-corrected chi connectivity index (χ3v) is 4.60. The van der Waals surface area contributed by atoms with Gasteiger partial charge in [0.05, 0.1) is 0 Å². The molecule has 156 valence electrons. The summed E-state index contributed by atoms with van der Waals surface area (Å²) in [7, 11) is 0. The lowest BCUT2D eigenvalue weighted by Gasteiger charge is -2.09. The van der Waals surface area contributed by atoms with E-state index in [1.165, 1.54) is 5.56 Å². The molecule has 1 aromatic heterocycles. The van der Waals surface area contributed by atoms with Crippen molar-refractivity contribution in [3.05, 3.63) is 84.2 Å². The second-order valence-corrected chi connectivity index (χ2v) is 6.93. The Morgan fingerprint density at radius 2 is 1.57 bits per heavy atom. The zero-order valence-electron chi connectivity index (χ0n) is 17.1. The molecule has 2 N–H and O–H groups in total. The van der Waals surface area contributed by atoms with Crippen LogP contribution in [0.2, 0.25) is 0 Å². The number of amides is 2. The van der Waals surface area contributed by atoms with Crippen molar-refractivity contribution in [3.63, 3.8) is 0 Å². The Hall–Kier alpha value is -3.54. The summed E-state index contributed by atoms with van der Waals surface area (Å²) in [6, 6.07) is 19.0. The van der Waals surface area contributed by atoms with Crippen molar-refractivity contribution in [2.24, 2.45) is 0 Å². The first-order valence-electron chi connectivity index (χ1n) is 10.2. The van der Waals surface area contributed by atoms with Crippen molar-refractivity contribution in [1.29, 1.82) is 0 Å². The summed E-state index contributed by atoms with van der Waals surface area (Å²) in [6.07, 6.45) is 6.02. The van der Waals surface area contributed by atoms with E-state index in [1.807, 2.05) is 65.5 Å². The molecule has 0 aliphatic heterocycles. The Kier molecular flexibility index (Phi) is 7.66. The summed E-state index contributed by atoms with van der Waals surface area (Å²) in [6.45, 7) is 2.76. The van der Waals surface area contributed by atoms with Crippen LogP contribution in [-0.2, 0) is 11.2 Å². The van der Waals surface area contributed by atoms with Gasteiger partial charge < -0.3 is 19.9 Å². The number of rotatable bonds is 10. The number of nitrogens with zero attached hydrogens (tertiary/aromatic N) is 1. The molecule has 30 heavy (non-hydrogen) atoms. The maximum Gasteiger partial charge on any atom is 0.258 e. The van der Waals surface area contributed by atoms with Crippen molar-refractivity contribution in [3.8, 4) is 11.4 Å². The summed E-state index contributed by atoms with van der Waals surface area (Å²) >= 11 is 0. The van der Waals surface area contributed by atoms with E-state index >= 15 is 0 Å². The molecule has 3 aromatic rings. The van der Waals surface area contributed by atoms with Crippen molar-refractivity contribution in [1.82, 2.24) is 15.2 Å². The van der Waals surface area contributed by atoms with Crippen molar-refractivity contribution in [2.75, 3.05) is 19.7 Å². The monoisotopic (exact) mass is 405 g/mol. The zero-order valence-corrected chi connectivity index (χ0v) is 17.1. The average molecular weight is 405 g/mol. The van der Waals surface area contributed by atoms with Gasteiger partial charge in [-0.05, 0) is 60.5 Å². The lowest BCUT2D eigenvalue weighted by atomic mass is 10.1. The van der Waals surface area contributed by atoms with Crippen molar-refractivity contribution >= 4 is 11.8 Å². The van der Waals surface area contributed by atoms with Gasteiger partial charge in [0.25, 0.3) is 11.8 Å². The quantitative estimate of drug-likeness (QED) is 0.508. The number of aryl methyl sites for hydroxylation is 1. The Morgan fingerprint density at radius 3 is 2.23 bits per heavy atom. The topological polar surface area (TPSA) is 72.4 Å². The summed E-state index contributed by atoms with van der Waals surface area (Å²) in [5, 5.41) is 5.54. The first-order chi connectivity index (χ1) is 14.7. The van der Waals surface area contributed by atoms with Crippen LogP contribution in [0.5, 0.6) is 5.75 Å². The lowest BCUT2D eigenvalue weighted by molar-refractivity contribution is -0.123. The van der Waals surface area contributed by atoms with E-state index in [4.69, 9.17) is 4.74 Å². The van der Waals surface area contributed by atoms with Crippen LogP contribution in [0.3, 0.4) is 0 Å². The van der Waals surface area contributed by atoms with E-state index in [0.29, 0.717) is 24.4 Å². The van der Waals surface area contributed by atoms with Gasteiger partial charge in [0.1, 0.15) is 5.75 Å². The number of carbonyl (C=O) groups is 2. The van der Waals surface area contributed by atoms with Crippen LogP contribution in [0.1, 0.15) is 29.3 Å². The normalized spacial score (nSPS) is 10.4. The largest absolute Gasteiger partial charge is 0.484 e. The molecule has 3 rings (SSSR count). The van der Waals surface area contributed by atoms with Gasteiger partial charge in [0.15, 0.2) is 6.61 Å². The molecular formula is C24H27N3O3. The van der Waals surface area contributed by atoms with E-state index in [0.717, 1.165) is 18.5 Å². The van der Waals surface area contributed by atoms with Crippen molar-refractivity contribution in [2.45, 2.75) is 19.8 Å². The minimum Gasteiger partial charge on any atom is -0.484 e. The minimum atomic E-state index is -0.224. The summed E-state index contributed by atoms with van der Waals surface area (Å²) in [5.74, 6) is 0.270. The van der Waals surface area contributed by atoms with Crippen LogP contribution >= 0.6 is 0 Å². The number of ether oxygens (including phenoxy) is 1. The number of benzene rings is 2. The SMILES string of the molecule is CCCc1ccc(OCC(=O)NCCNC(=O)c2ccc(-n3cccc3)cc2)cc1. The molecule has 0 unspecified atom stereocenters. The molecule has 1 heterocycles. The fourth-order valence-corrected chi connectivity index (χ4v) is 3.01. The number of hydrogen-bond acceptors (Lipinski definition) is 3. The third-order valence-electron chi connectivity index (χ3n) is 4.60. The van der Waals surface area contributed by atoms with Crippen LogP contribution in [0.4, 0.5) is 0 Å². The van der Waals surface area contributed by atoms with Crippen LogP contribution in [-0.4, -0.2) is 36.1 Å². The first kappa shape index (κ1) is 21.2. The number of hydrogen-bond donors (Lipinski definition) is 2. The minimum absolute atomic E-state index is 0.0536. The predicted octanol–water partition coefficient (Wildman–Crippen LogP) is 3.35. The second kappa shape index (κ2) is 10.9. The van der Waals surface area contributed by atoms with Crippen LogP contribution in [0.25, 0.3) is 5.69 Å². The molecule has 0 aliphatic rings. The maximum absolute atomic E-state index is 12.2. The number of aromatic nitrogens is 1. The summed E-state index contributed by atoms with van der Waals surface area (Å²) < 4.78 is 7.46. The molecule has 0 aliphatic carbocycles. The van der Waals surface area contributed by atoms with Gasteiger partial charge >= 0.3 is 0 Å². The van der Waals surface area contributed by atoms with Crippen LogP contribution in [0.15, 0.2) is 73.1 Å². The lowest BCUT2D eigenvalue weighted by Crippen LogP contribution is -2.36. The summed E-state index contributed by atoms with van der Waals surface area (Å²) in [5.41, 5.74) is 2.82. The highest BCUT2D eigenvalue weighted by Crippen LogP contribution is 2.13. The highest BCUT2D eigenvalue weighted by Gasteiger charge is 2.06. The van der Waals surface area contributed by atoms with Crippen LogP contribution in [0, 0.1) is 0 Å². The van der Waals surface area contributed by atoms with Gasteiger partial charge in [-0.2, -0.15) is 0 Å². The maximum atomic E-state index is 12.2. The van der Waals surface area contributed by atoms with Gasteiger partial charge in [-0.25, -0.2) is 0 Å². The zero-order chi connectivity index (χ0) is 21.2. The molecule has 0 saturated carbocycles. The molecule has 6 nitrogen and oxygen atoms in total. The van der Waals surface area contributed by atoms with Gasteiger partial charge in [-0.3, -0.25) is 9.59 Å². The average Bonchev–Trinajstić information content (AvgIpc) is 3.31. The number of carbonyl (C=O) groups excluding carboxylic acids is 2. The van der Waals surface area contributed by atoms with E-state index < -0.39 is 0 Å². The van der Waals surface area contributed by atoms with Gasteiger partial charge in [-0.1, -0.05) is 25.5 Å². The number of nitrogens with one attached hydrogen (secondary N) is 2. The molecule has 0 atom stereocenters.